The quantitative estimate of drug-likeness (QED) is 0.801. The van der Waals surface area contributed by atoms with Gasteiger partial charge in [0, 0.05) is 29.8 Å². The first kappa shape index (κ1) is 15.7. The van der Waals surface area contributed by atoms with Gasteiger partial charge in [-0.05, 0) is 24.3 Å². The Morgan fingerprint density at radius 2 is 2.04 bits per heavy atom. The summed E-state index contributed by atoms with van der Waals surface area (Å²) in [5.41, 5.74) is 0.445. The molecule has 24 heavy (non-hydrogen) atoms. The van der Waals surface area contributed by atoms with E-state index in [2.05, 4.69) is 10.2 Å². The fourth-order valence-electron chi connectivity index (χ4n) is 2.39. The Morgan fingerprint density at radius 1 is 1.25 bits per heavy atom. The highest BCUT2D eigenvalue weighted by molar-refractivity contribution is 6.07. The summed E-state index contributed by atoms with van der Waals surface area (Å²) in [5, 5.41) is 7.06. The SMILES string of the molecule is COc1cc(N(C)C(=O)c2ccc3cn[nH]c(=O)c3c2)ccc1F. The summed E-state index contributed by atoms with van der Waals surface area (Å²) in [5.74, 6) is -0.790. The lowest BCUT2D eigenvalue weighted by atomic mass is 10.1. The maximum absolute atomic E-state index is 13.5. The Kier molecular flexibility index (Phi) is 3.99. The van der Waals surface area contributed by atoms with Gasteiger partial charge in [-0.2, -0.15) is 5.10 Å². The molecular weight excluding hydrogens is 313 g/mol. The molecule has 1 amide bonds. The predicted molar refractivity (Wildman–Crippen MR) is 88.0 cm³/mol. The van der Waals surface area contributed by atoms with E-state index < -0.39 is 5.82 Å². The van der Waals surface area contributed by atoms with Gasteiger partial charge in [-0.1, -0.05) is 6.07 Å². The minimum absolute atomic E-state index is 0.0492. The van der Waals surface area contributed by atoms with Crippen LogP contribution in [0.5, 0.6) is 5.75 Å². The van der Waals surface area contributed by atoms with Crippen molar-refractivity contribution in [3.63, 3.8) is 0 Å². The van der Waals surface area contributed by atoms with Crippen LogP contribution in [-0.4, -0.2) is 30.3 Å². The second-order valence-corrected chi connectivity index (χ2v) is 5.18. The van der Waals surface area contributed by atoms with Crippen LogP contribution in [0, 0.1) is 5.82 Å². The molecule has 7 heteroatoms. The number of amides is 1. The Hall–Kier alpha value is -3.22. The number of fused-ring (bicyclic) bond motifs is 1. The second-order valence-electron chi connectivity index (χ2n) is 5.18. The third-order valence-corrected chi connectivity index (χ3v) is 3.74. The van der Waals surface area contributed by atoms with E-state index in [4.69, 9.17) is 4.74 Å². The van der Waals surface area contributed by atoms with Crippen molar-refractivity contribution in [3.05, 3.63) is 64.3 Å². The highest BCUT2D eigenvalue weighted by atomic mass is 19.1. The number of carbonyl (C=O) groups is 1. The summed E-state index contributed by atoms with van der Waals surface area (Å²) >= 11 is 0. The zero-order chi connectivity index (χ0) is 17.3. The van der Waals surface area contributed by atoms with Crippen LogP contribution in [0.25, 0.3) is 10.8 Å². The van der Waals surface area contributed by atoms with Gasteiger partial charge in [-0.25, -0.2) is 9.49 Å². The van der Waals surface area contributed by atoms with Gasteiger partial charge in [0.15, 0.2) is 11.6 Å². The first-order valence-electron chi connectivity index (χ1n) is 7.10. The molecule has 0 aliphatic rings. The van der Waals surface area contributed by atoms with E-state index in [1.807, 2.05) is 0 Å². The van der Waals surface area contributed by atoms with Crippen LogP contribution >= 0.6 is 0 Å². The molecule has 6 nitrogen and oxygen atoms in total. The average molecular weight is 327 g/mol. The third kappa shape index (κ3) is 2.71. The number of hydrogen-bond donors (Lipinski definition) is 1. The molecule has 122 valence electrons. The Balaban J connectivity index is 1.99. The van der Waals surface area contributed by atoms with E-state index in [9.17, 15) is 14.0 Å². The van der Waals surface area contributed by atoms with Gasteiger partial charge in [0.2, 0.25) is 0 Å². The number of ether oxygens (including phenoxy) is 1. The fourth-order valence-corrected chi connectivity index (χ4v) is 2.39. The van der Waals surface area contributed by atoms with Gasteiger partial charge in [-0.3, -0.25) is 9.59 Å². The number of benzene rings is 2. The van der Waals surface area contributed by atoms with Gasteiger partial charge < -0.3 is 9.64 Å². The highest BCUT2D eigenvalue weighted by Crippen LogP contribution is 2.25. The van der Waals surface area contributed by atoms with Gasteiger partial charge in [0.05, 0.1) is 18.7 Å². The third-order valence-electron chi connectivity index (χ3n) is 3.74. The average Bonchev–Trinajstić information content (AvgIpc) is 2.61. The summed E-state index contributed by atoms with van der Waals surface area (Å²) < 4.78 is 18.4. The maximum atomic E-state index is 13.5. The molecule has 2 aromatic carbocycles. The van der Waals surface area contributed by atoms with Crippen LogP contribution in [0.1, 0.15) is 10.4 Å². The number of H-pyrrole nitrogens is 1. The first-order valence-corrected chi connectivity index (χ1v) is 7.10. The highest BCUT2D eigenvalue weighted by Gasteiger charge is 2.16. The molecule has 0 radical (unpaired) electrons. The molecule has 1 aromatic heterocycles. The Bertz CT molecular complexity index is 984. The molecule has 0 bridgehead atoms. The molecular formula is C17H14FN3O3. The topological polar surface area (TPSA) is 75.3 Å². The van der Waals surface area contributed by atoms with Crippen LogP contribution in [0.2, 0.25) is 0 Å². The minimum Gasteiger partial charge on any atom is -0.494 e. The number of nitrogens with one attached hydrogen (secondary N) is 1. The number of carbonyl (C=O) groups excluding carboxylic acids is 1. The largest absolute Gasteiger partial charge is 0.494 e. The molecule has 0 unspecified atom stereocenters. The number of methoxy groups -OCH3 is 1. The summed E-state index contributed by atoms with van der Waals surface area (Å²) in [7, 11) is 2.92. The van der Waals surface area contributed by atoms with Crippen molar-refractivity contribution >= 4 is 22.4 Å². The molecule has 1 heterocycles. The fraction of sp³-hybridized carbons (Fsp3) is 0.118. The zero-order valence-corrected chi connectivity index (χ0v) is 13.0. The normalized spacial score (nSPS) is 10.6. The standard InChI is InChI=1S/C17H14FN3O3/c1-21(12-5-6-14(18)15(8-12)24-2)17(23)10-3-4-11-9-19-20-16(22)13(11)7-10/h3-9H,1-2H3,(H,20,22). The molecule has 3 aromatic rings. The minimum atomic E-state index is -0.508. The van der Waals surface area contributed by atoms with Crippen molar-refractivity contribution in [2.24, 2.45) is 0 Å². The van der Waals surface area contributed by atoms with E-state index in [1.165, 1.54) is 42.5 Å². The maximum Gasteiger partial charge on any atom is 0.272 e. The molecule has 0 spiro atoms. The predicted octanol–water partition coefficient (Wildman–Crippen LogP) is 2.35. The van der Waals surface area contributed by atoms with E-state index in [0.29, 0.717) is 22.0 Å². The monoisotopic (exact) mass is 327 g/mol. The Labute approximate surface area is 136 Å². The van der Waals surface area contributed by atoms with Crippen molar-refractivity contribution in [1.29, 1.82) is 0 Å². The summed E-state index contributed by atoms with van der Waals surface area (Å²) in [6.07, 6.45) is 1.51. The smallest absolute Gasteiger partial charge is 0.272 e. The molecule has 3 rings (SSSR count). The number of aromatic nitrogens is 2. The van der Waals surface area contributed by atoms with Crippen LogP contribution < -0.4 is 15.2 Å². The van der Waals surface area contributed by atoms with Gasteiger partial charge in [0.25, 0.3) is 11.5 Å². The Morgan fingerprint density at radius 3 is 2.79 bits per heavy atom. The molecule has 1 N–H and O–H groups in total. The first-order chi connectivity index (χ1) is 11.5. The number of hydrogen-bond acceptors (Lipinski definition) is 4. The van der Waals surface area contributed by atoms with E-state index in [-0.39, 0.29) is 17.2 Å². The lowest BCUT2D eigenvalue weighted by molar-refractivity contribution is 0.0993. The van der Waals surface area contributed by atoms with Crippen LogP contribution in [0.3, 0.4) is 0 Å². The van der Waals surface area contributed by atoms with Crippen molar-refractivity contribution in [2.45, 2.75) is 0 Å². The van der Waals surface area contributed by atoms with E-state index >= 15 is 0 Å². The van der Waals surface area contributed by atoms with Crippen LogP contribution in [-0.2, 0) is 0 Å². The molecule has 0 atom stereocenters. The number of aromatic amines is 1. The van der Waals surface area contributed by atoms with Gasteiger partial charge in [0.1, 0.15) is 0 Å². The zero-order valence-electron chi connectivity index (χ0n) is 13.0. The van der Waals surface area contributed by atoms with Crippen molar-refractivity contribution in [2.75, 3.05) is 19.1 Å². The van der Waals surface area contributed by atoms with Crippen molar-refractivity contribution in [3.8, 4) is 5.75 Å². The van der Waals surface area contributed by atoms with E-state index in [1.54, 1.807) is 19.2 Å². The molecule has 0 aliphatic carbocycles. The summed E-state index contributed by atoms with van der Waals surface area (Å²) in [4.78, 5) is 25.8. The lowest BCUT2D eigenvalue weighted by Gasteiger charge is -2.18. The number of rotatable bonds is 3. The van der Waals surface area contributed by atoms with Crippen molar-refractivity contribution < 1.29 is 13.9 Å². The van der Waals surface area contributed by atoms with Crippen molar-refractivity contribution in [1.82, 2.24) is 10.2 Å². The van der Waals surface area contributed by atoms with E-state index in [0.717, 1.165) is 0 Å². The molecule has 0 saturated carbocycles. The molecule has 0 fully saturated rings. The summed E-state index contributed by atoms with van der Waals surface area (Å²) in [6, 6.07) is 8.93. The lowest BCUT2D eigenvalue weighted by Crippen LogP contribution is -2.26. The number of nitrogens with zero attached hydrogens (tertiary/aromatic N) is 2. The second kappa shape index (κ2) is 6.11. The van der Waals surface area contributed by atoms with Crippen LogP contribution in [0.4, 0.5) is 10.1 Å². The molecule has 0 saturated heterocycles. The number of anilines is 1. The van der Waals surface area contributed by atoms with Gasteiger partial charge in [-0.15, -0.1) is 0 Å². The molecule has 0 aliphatic heterocycles. The summed E-state index contributed by atoms with van der Waals surface area (Å²) in [6.45, 7) is 0. The van der Waals surface area contributed by atoms with Gasteiger partial charge >= 0.3 is 0 Å². The van der Waals surface area contributed by atoms with Crippen LogP contribution in [0.15, 0.2) is 47.4 Å². The number of halogens is 1.